The van der Waals surface area contributed by atoms with Gasteiger partial charge in [0.15, 0.2) is 0 Å². The molecule has 1 saturated heterocycles. The maximum Gasteiger partial charge on any atom is 0.217 e. The molecule has 1 aromatic rings. The molecule has 6 nitrogen and oxygen atoms in total. The Labute approximate surface area is 113 Å². The van der Waals surface area contributed by atoms with E-state index in [1.807, 2.05) is 14.0 Å². The zero-order chi connectivity index (χ0) is 14.0. The predicted molar refractivity (Wildman–Crippen MR) is 71.7 cm³/mol. The number of hydrogen-bond donors (Lipinski definition) is 1. The molecule has 1 amide bonds. The summed E-state index contributed by atoms with van der Waals surface area (Å²) in [6.45, 7) is 5.06. The van der Waals surface area contributed by atoms with Crippen molar-refractivity contribution in [1.82, 2.24) is 15.1 Å². The first-order valence-electron chi connectivity index (χ1n) is 6.48. The highest BCUT2D eigenvalue weighted by molar-refractivity contribution is 5.73. The number of nitrogens with zero attached hydrogens (tertiary/aromatic N) is 4. The van der Waals surface area contributed by atoms with Gasteiger partial charge in [0, 0.05) is 33.1 Å². The predicted octanol–water partition coefficient (Wildman–Crippen LogP) is 0.705. The lowest BCUT2D eigenvalue weighted by molar-refractivity contribution is -0.119. The van der Waals surface area contributed by atoms with E-state index in [0.717, 1.165) is 37.4 Å². The quantitative estimate of drug-likeness (QED) is 0.850. The van der Waals surface area contributed by atoms with E-state index in [2.05, 4.69) is 21.4 Å². The summed E-state index contributed by atoms with van der Waals surface area (Å²) in [5.41, 5.74) is 1.42. The molecule has 1 aromatic heterocycles. The molecule has 1 fully saturated rings. The molecule has 1 aliphatic rings. The van der Waals surface area contributed by atoms with E-state index in [1.54, 1.807) is 11.6 Å². The van der Waals surface area contributed by atoms with Crippen molar-refractivity contribution in [2.75, 3.05) is 18.0 Å². The Morgan fingerprint density at radius 3 is 2.63 bits per heavy atom. The van der Waals surface area contributed by atoms with Crippen LogP contribution in [0.25, 0.3) is 0 Å². The van der Waals surface area contributed by atoms with Crippen LogP contribution in [0.4, 0.5) is 5.82 Å². The highest BCUT2D eigenvalue weighted by Gasteiger charge is 2.25. The molecular weight excluding hydrogens is 242 g/mol. The van der Waals surface area contributed by atoms with Crippen molar-refractivity contribution < 1.29 is 4.79 Å². The van der Waals surface area contributed by atoms with Crippen LogP contribution in [0.15, 0.2) is 0 Å². The van der Waals surface area contributed by atoms with Crippen LogP contribution in [-0.2, 0) is 11.8 Å². The first kappa shape index (κ1) is 13.4. The van der Waals surface area contributed by atoms with Crippen LogP contribution in [0, 0.1) is 18.3 Å². The average molecular weight is 261 g/mol. The number of nitrogens with one attached hydrogen (secondary N) is 1. The summed E-state index contributed by atoms with van der Waals surface area (Å²) in [5.74, 6) is 0.911. The molecule has 0 saturated carbocycles. The lowest BCUT2D eigenvalue weighted by atomic mass is 10.0. The monoisotopic (exact) mass is 261 g/mol. The van der Waals surface area contributed by atoms with Crippen molar-refractivity contribution >= 4 is 11.7 Å². The SMILES string of the molecule is CC(=O)NC1CCN(c2c(C#N)c(C)nn2C)CC1. The second-order valence-corrected chi connectivity index (χ2v) is 4.98. The van der Waals surface area contributed by atoms with Gasteiger partial charge in [-0.1, -0.05) is 0 Å². The maximum absolute atomic E-state index is 11.0. The largest absolute Gasteiger partial charge is 0.356 e. The molecule has 0 spiro atoms. The third-order valence-corrected chi connectivity index (χ3v) is 3.51. The molecule has 0 atom stereocenters. The Balaban J connectivity index is 2.10. The summed E-state index contributed by atoms with van der Waals surface area (Å²) in [5, 5.41) is 16.5. The Hall–Kier alpha value is -2.03. The van der Waals surface area contributed by atoms with Crippen LogP contribution in [0.3, 0.4) is 0 Å². The molecule has 6 heteroatoms. The fourth-order valence-electron chi connectivity index (χ4n) is 2.66. The summed E-state index contributed by atoms with van der Waals surface area (Å²) in [7, 11) is 1.86. The van der Waals surface area contributed by atoms with E-state index in [1.165, 1.54) is 0 Å². The number of anilines is 1. The van der Waals surface area contributed by atoms with Crippen molar-refractivity contribution in [3.8, 4) is 6.07 Å². The van der Waals surface area contributed by atoms with Gasteiger partial charge in [-0.2, -0.15) is 10.4 Å². The highest BCUT2D eigenvalue weighted by Crippen LogP contribution is 2.25. The highest BCUT2D eigenvalue weighted by atomic mass is 16.1. The van der Waals surface area contributed by atoms with E-state index in [-0.39, 0.29) is 11.9 Å². The van der Waals surface area contributed by atoms with Crippen LogP contribution < -0.4 is 10.2 Å². The molecule has 19 heavy (non-hydrogen) atoms. The number of aryl methyl sites for hydroxylation is 2. The molecule has 0 radical (unpaired) electrons. The fourth-order valence-corrected chi connectivity index (χ4v) is 2.66. The van der Waals surface area contributed by atoms with Gasteiger partial charge >= 0.3 is 0 Å². The smallest absolute Gasteiger partial charge is 0.217 e. The summed E-state index contributed by atoms with van der Waals surface area (Å²) in [6.07, 6.45) is 1.79. The summed E-state index contributed by atoms with van der Waals surface area (Å²) in [6, 6.07) is 2.47. The van der Waals surface area contributed by atoms with Gasteiger partial charge in [0.1, 0.15) is 17.5 Å². The number of carbonyl (C=O) groups is 1. The second-order valence-electron chi connectivity index (χ2n) is 4.98. The van der Waals surface area contributed by atoms with E-state index >= 15 is 0 Å². The Morgan fingerprint density at radius 2 is 2.11 bits per heavy atom. The summed E-state index contributed by atoms with van der Waals surface area (Å²) in [4.78, 5) is 13.2. The number of amides is 1. The zero-order valence-electron chi connectivity index (χ0n) is 11.6. The first-order valence-corrected chi connectivity index (χ1v) is 6.48. The van der Waals surface area contributed by atoms with Crippen molar-refractivity contribution in [2.24, 2.45) is 7.05 Å². The number of aromatic nitrogens is 2. The van der Waals surface area contributed by atoms with Crippen LogP contribution in [0.5, 0.6) is 0 Å². The molecule has 0 aliphatic carbocycles. The third kappa shape index (κ3) is 2.70. The maximum atomic E-state index is 11.0. The van der Waals surface area contributed by atoms with E-state index < -0.39 is 0 Å². The van der Waals surface area contributed by atoms with Crippen molar-refractivity contribution in [1.29, 1.82) is 5.26 Å². The molecule has 1 aliphatic heterocycles. The number of rotatable bonds is 2. The number of piperidine rings is 1. The number of hydrogen-bond acceptors (Lipinski definition) is 4. The van der Waals surface area contributed by atoms with E-state index in [0.29, 0.717) is 5.56 Å². The molecule has 0 unspecified atom stereocenters. The standard InChI is InChI=1S/C13H19N5O/c1-9-12(8-14)13(17(3)16-9)18-6-4-11(5-7-18)15-10(2)19/h11H,4-7H2,1-3H3,(H,15,19). The topological polar surface area (TPSA) is 74.0 Å². The summed E-state index contributed by atoms with van der Waals surface area (Å²) < 4.78 is 1.77. The Bertz CT molecular complexity index is 520. The molecule has 1 N–H and O–H groups in total. The Morgan fingerprint density at radius 1 is 1.47 bits per heavy atom. The number of carbonyl (C=O) groups excluding carboxylic acids is 1. The van der Waals surface area contributed by atoms with Gasteiger partial charge in [0.05, 0.1) is 5.69 Å². The number of nitriles is 1. The van der Waals surface area contributed by atoms with Gasteiger partial charge in [-0.3, -0.25) is 9.48 Å². The first-order chi connectivity index (χ1) is 9.02. The zero-order valence-corrected chi connectivity index (χ0v) is 11.6. The van der Waals surface area contributed by atoms with Gasteiger partial charge in [0.25, 0.3) is 0 Å². The molecular formula is C13H19N5O. The lowest BCUT2D eigenvalue weighted by Crippen LogP contribution is -2.44. The van der Waals surface area contributed by atoms with E-state index in [4.69, 9.17) is 0 Å². The van der Waals surface area contributed by atoms with Crippen molar-refractivity contribution in [3.63, 3.8) is 0 Å². The summed E-state index contributed by atoms with van der Waals surface area (Å²) >= 11 is 0. The lowest BCUT2D eigenvalue weighted by Gasteiger charge is -2.33. The minimum atomic E-state index is 0.0209. The van der Waals surface area contributed by atoms with Gasteiger partial charge in [0.2, 0.25) is 5.91 Å². The van der Waals surface area contributed by atoms with Gasteiger partial charge in [-0.15, -0.1) is 0 Å². The van der Waals surface area contributed by atoms with Crippen molar-refractivity contribution in [2.45, 2.75) is 32.7 Å². The molecule has 0 bridgehead atoms. The average Bonchev–Trinajstić information content (AvgIpc) is 2.64. The van der Waals surface area contributed by atoms with Crippen LogP contribution >= 0.6 is 0 Å². The normalized spacial score (nSPS) is 16.2. The second kappa shape index (κ2) is 5.31. The van der Waals surface area contributed by atoms with Gasteiger partial charge in [-0.25, -0.2) is 0 Å². The van der Waals surface area contributed by atoms with Crippen LogP contribution in [0.1, 0.15) is 31.0 Å². The molecule has 2 rings (SSSR count). The molecule has 0 aromatic carbocycles. The minimum Gasteiger partial charge on any atom is -0.356 e. The van der Waals surface area contributed by atoms with Crippen LogP contribution in [-0.4, -0.2) is 34.8 Å². The van der Waals surface area contributed by atoms with Gasteiger partial charge < -0.3 is 10.2 Å². The Kier molecular flexibility index (Phi) is 3.74. The molecule has 102 valence electrons. The minimum absolute atomic E-state index is 0.0209. The van der Waals surface area contributed by atoms with Gasteiger partial charge in [-0.05, 0) is 19.8 Å². The molecule has 2 heterocycles. The third-order valence-electron chi connectivity index (χ3n) is 3.51. The van der Waals surface area contributed by atoms with E-state index in [9.17, 15) is 10.1 Å². The van der Waals surface area contributed by atoms with Crippen LogP contribution in [0.2, 0.25) is 0 Å². The van der Waals surface area contributed by atoms with Crippen molar-refractivity contribution in [3.05, 3.63) is 11.3 Å². The fraction of sp³-hybridized carbons (Fsp3) is 0.615.